The molecular formula is C25H21ClN2O6S. The number of aliphatic hydroxyl groups excluding tert-OH is 1. The number of carbonyl (C=O) groups excluding carboxylic acids is 3. The van der Waals surface area contributed by atoms with Crippen LogP contribution in [0.1, 0.15) is 38.1 Å². The maximum Gasteiger partial charge on any atom is 0.350 e. The lowest BCUT2D eigenvalue weighted by atomic mass is 9.94. The van der Waals surface area contributed by atoms with Crippen LogP contribution in [0.25, 0.3) is 5.76 Å². The Kier molecular flexibility index (Phi) is 6.64. The molecule has 8 nitrogen and oxygen atoms in total. The second-order valence-electron chi connectivity index (χ2n) is 7.80. The third kappa shape index (κ3) is 4.28. The van der Waals surface area contributed by atoms with Crippen LogP contribution in [0.3, 0.4) is 0 Å². The van der Waals surface area contributed by atoms with E-state index >= 15 is 0 Å². The van der Waals surface area contributed by atoms with Crippen LogP contribution in [-0.4, -0.2) is 42.0 Å². The minimum atomic E-state index is -0.996. The Balaban J connectivity index is 1.94. The number of aliphatic hydroxyl groups is 1. The molecule has 0 spiro atoms. The van der Waals surface area contributed by atoms with Crippen LogP contribution in [0, 0.1) is 13.8 Å². The first-order valence-electron chi connectivity index (χ1n) is 10.4. The summed E-state index contributed by atoms with van der Waals surface area (Å²) in [6, 6.07) is 10.6. The Hall–Kier alpha value is -3.69. The molecule has 1 atom stereocenters. The van der Waals surface area contributed by atoms with Gasteiger partial charge in [-0.2, -0.15) is 0 Å². The molecule has 0 aliphatic carbocycles. The zero-order chi connectivity index (χ0) is 25.4. The number of methoxy groups -OCH3 is 2. The number of nitrogens with zero attached hydrogens (tertiary/aromatic N) is 2. The summed E-state index contributed by atoms with van der Waals surface area (Å²) in [5.74, 6) is -2.08. The van der Waals surface area contributed by atoms with Crippen molar-refractivity contribution >= 4 is 51.5 Å². The van der Waals surface area contributed by atoms with Crippen LogP contribution in [0.15, 0.2) is 48.0 Å². The molecule has 180 valence electrons. The summed E-state index contributed by atoms with van der Waals surface area (Å²) in [6.07, 6.45) is 0. The Morgan fingerprint density at radius 2 is 1.80 bits per heavy atom. The topological polar surface area (TPSA) is 106 Å². The minimum Gasteiger partial charge on any atom is -0.507 e. The number of esters is 1. The molecule has 10 heteroatoms. The quantitative estimate of drug-likeness (QED) is 0.226. The summed E-state index contributed by atoms with van der Waals surface area (Å²) >= 11 is 7.00. The monoisotopic (exact) mass is 512 g/mol. The third-order valence-corrected chi connectivity index (χ3v) is 7.07. The van der Waals surface area contributed by atoms with Gasteiger partial charge in [0, 0.05) is 10.6 Å². The maximum atomic E-state index is 13.3. The van der Waals surface area contributed by atoms with Gasteiger partial charge in [0.2, 0.25) is 0 Å². The van der Waals surface area contributed by atoms with Gasteiger partial charge < -0.3 is 14.6 Å². The van der Waals surface area contributed by atoms with Crippen molar-refractivity contribution in [3.8, 4) is 5.75 Å². The molecule has 1 fully saturated rings. The summed E-state index contributed by atoms with van der Waals surface area (Å²) in [6.45, 7) is 3.37. The average molecular weight is 513 g/mol. The maximum absolute atomic E-state index is 13.3. The predicted molar refractivity (Wildman–Crippen MR) is 132 cm³/mol. The molecule has 1 saturated heterocycles. The summed E-state index contributed by atoms with van der Waals surface area (Å²) in [4.78, 5) is 44.5. The number of anilines is 1. The Morgan fingerprint density at radius 3 is 2.40 bits per heavy atom. The minimum absolute atomic E-state index is 0.0990. The molecule has 1 amide bonds. The molecule has 0 unspecified atom stereocenters. The van der Waals surface area contributed by atoms with E-state index in [0.717, 1.165) is 11.3 Å². The second kappa shape index (κ2) is 9.52. The molecule has 0 saturated carbocycles. The van der Waals surface area contributed by atoms with Crippen molar-refractivity contribution in [2.45, 2.75) is 19.9 Å². The zero-order valence-corrected chi connectivity index (χ0v) is 20.9. The van der Waals surface area contributed by atoms with Crippen molar-refractivity contribution in [3.63, 3.8) is 0 Å². The summed E-state index contributed by atoms with van der Waals surface area (Å²) in [7, 11) is 2.78. The van der Waals surface area contributed by atoms with E-state index in [2.05, 4.69) is 4.98 Å². The van der Waals surface area contributed by atoms with Crippen molar-refractivity contribution in [3.05, 3.63) is 80.3 Å². The Bertz CT molecular complexity index is 1380. The van der Waals surface area contributed by atoms with Crippen LogP contribution in [0.5, 0.6) is 5.75 Å². The Labute approximate surface area is 210 Å². The molecule has 1 aliphatic rings. The van der Waals surface area contributed by atoms with Crippen molar-refractivity contribution in [2.75, 3.05) is 19.1 Å². The van der Waals surface area contributed by atoms with Crippen LogP contribution in [0.4, 0.5) is 5.13 Å². The van der Waals surface area contributed by atoms with Gasteiger partial charge in [-0.25, -0.2) is 9.78 Å². The fourth-order valence-corrected chi connectivity index (χ4v) is 5.07. The fourth-order valence-electron chi connectivity index (χ4n) is 3.93. The number of Topliss-reactive ketones (excluding diaryl/α,β-unsaturated/α-hetero) is 1. The van der Waals surface area contributed by atoms with E-state index in [1.165, 1.54) is 19.1 Å². The van der Waals surface area contributed by atoms with Gasteiger partial charge in [-0.15, -0.1) is 0 Å². The van der Waals surface area contributed by atoms with E-state index in [-0.39, 0.29) is 21.3 Å². The molecule has 3 aromatic rings. The molecular weight excluding hydrogens is 492 g/mol. The van der Waals surface area contributed by atoms with Crippen LogP contribution in [0.2, 0.25) is 5.02 Å². The van der Waals surface area contributed by atoms with Crippen LogP contribution >= 0.6 is 22.9 Å². The predicted octanol–water partition coefficient (Wildman–Crippen LogP) is 4.83. The second-order valence-corrected chi connectivity index (χ2v) is 9.22. The highest BCUT2D eigenvalue weighted by atomic mass is 35.5. The van der Waals surface area contributed by atoms with Crippen molar-refractivity contribution < 1.29 is 29.0 Å². The first kappa shape index (κ1) is 24.4. The number of benzene rings is 2. The molecule has 0 bridgehead atoms. The first-order valence-corrected chi connectivity index (χ1v) is 11.6. The molecule has 2 aromatic carbocycles. The molecule has 35 heavy (non-hydrogen) atoms. The SMILES string of the molecule is COC(=O)c1sc(N2C(=O)C(=O)/C(=C(/O)c3ccc(OC)cc3C)[C@H]2c2ccc(Cl)cc2)nc1C. The van der Waals surface area contributed by atoms with E-state index in [9.17, 15) is 19.5 Å². The van der Waals surface area contributed by atoms with Gasteiger partial charge >= 0.3 is 11.9 Å². The van der Waals surface area contributed by atoms with E-state index < -0.39 is 23.7 Å². The summed E-state index contributed by atoms with van der Waals surface area (Å²) in [5, 5.41) is 11.9. The van der Waals surface area contributed by atoms with Gasteiger partial charge in [0.1, 0.15) is 16.4 Å². The average Bonchev–Trinajstić information content (AvgIpc) is 3.35. The van der Waals surface area contributed by atoms with Gasteiger partial charge in [-0.1, -0.05) is 35.1 Å². The van der Waals surface area contributed by atoms with Crippen molar-refractivity contribution in [2.24, 2.45) is 0 Å². The standard InChI is InChI=1S/C25H21ClN2O6S/c1-12-11-16(33-3)9-10-17(12)20(29)18-19(14-5-7-15(26)8-6-14)28(23(31)21(18)30)25-27-13(2)22(35-25)24(32)34-4/h5-11,19,29H,1-4H3/b20-18+/t19-/m1/s1. The lowest BCUT2D eigenvalue weighted by molar-refractivity contribution is -0.132. The summed E-state index contributed by atoms with van der Waals surface area (Å²) < 4.78 is 10.0. The number of hydrogen-bond acceptors (Lipinski definition) is 8. The molecule has 1 N–H and O–H groups in total. The van der Waals surface area contributed by atoms with Crippen molar-refractivity contribution in [1.29, 1.82) is 0 Å². The molecule has 1 aliphatic heterocycles. The third-order valence-electron chi connectivity index (χ3n) is 5.68. The number of ether oxygens (including phenoxy) is 2. The number of aromatic nitrogens is 1. The lowest BCUT2D eigenvalue weighted by Gasteiger charge is -2.23. The number of rotatable bonds is 5. The Morgan fingerprint density at radius 1 is 1.11 bits per heavy atom. The molecule has 1 aromatic heterocycles. The number of hydrogen-bond donors (Lipinski definition) is 1. The van der Waals surface area contributed by atoms with Gasteiger partial charge in [0.25, 0.3) is 5.78 Å². The summed E-state index contributed by atoms with van der Waals surface area (Å²) in [5.41, 5.74) is 1.83. The lowest BCUT2D eigenvalue weighted by Crippen LogP contribution is -2.29. The molecule has 4 rings (SSSR count). The highest BCUT2D eigenvalue weighted by molar-refractivity contribution is 7.17. The van der Waals surface area contributed by atoms with E-state index in [4.69, 9.17) is 21.1 Å². The van der Waals surface area contributed by atoms with Crippen LogP contribution in [-0.2, 0) is 14.3 Å². The van der Waals surface area contributed by atoms with Gasteiger partial charge in [0.15, 0.2) is 5.13 Å². The molecule has 2 heterocycles. The van der Waals surface area contributed by atoms with Gasteiger partial charge in [0.05, 0.1) is 31.5 Å². The number of amides is 1. The smallest absolute Gasteiger partial charge is 0.350 e. The van der Waals surface area contributed by atoms with Crippen LogP contribution < -0.4 is 9.64 Å². The fraction of sp³-hybridized carbons (Fsp3) is 0.200. The number of carbonyl (C=O) groups is 3. The number of aryl methyl sites for hydroxylation is 2. The largest absolute Gasteiger partial charge is 0.507 e. The zero-order valence-electron chi connectivity index (χ0n) is 19.3. The number of ketones is 1. The van der Waals surface area contributed by atoms with Gasteiger partial charge in [-0.3, -0.25) is 14.5 Å². The number of halogens is 1. The van der Waals surface area contributed by atoms with E-state index in [1.807, 2.05) is 0 Å². The van der Waals surface area contributed by atoms with Crippen molar-refractivity contribution in [1.82, 2.24) is 4.98 Å². The van der Waals surface area contributed by atoms with Gasteiger partial charge in [-0.05, 0) is 55.3 Å². The molecule has 0 radical (unpaired) electrons. The highest BCUT2D eigenvalue weighted by Gasteiger charge is 2.48. The number of thiazole rings is 1. The van der Waals surface area contributed by atoms with E-state index in [0.29, 0.717) is 33.2 Å². The first-order chi connectivity index (χ1) is 16.7. The van der Waals surface area contributed by atoms with E-state index in [1.54, 1.807) is 56.3 Å². The normalized spacial score (nSPS) is 17.1. The highest BCUT2D eigenvalue weighted by Crippen LogP contribution is 2.44.